The molecule has 1 aromatic rings. The zero-order valence-electron chi connectivity index (χ0n) is 12.6. The highest BCUT2D eigenvalue weighted by molar-refractivity contribution is 7.91. The zero-order chi connectivity index (χ0) is 14.9. The first kappa shape index (κ1) is 15.4. The summed E-state index contributed by atoms with van der Waals surface area (Å²) in [5.74, 6) is 1.65. The number of anilines is 1. The van der Waals surface area contributed by atoms with Crippen molar-refractivity contribution in [3.63, 3.8) is 0 Å². The van der Waals surface area contributed by atoms with Crippen LogP contribution in [0.2, 0.25) is 0 Å². The van der Waals surface area contributed by atoms with Gasteiger partial charge in [-0.15, -0.1) is 0 Å². The summed E-state index contributed by atoms with van der Waals surface area (Å²) in [6.07, 6.45) is 3.49. The molecule has 0 bridgehead atoms. The fraction of sp³-hybridized carbons (Fsp3) is 0.786. The van der Waals surface area contributed by atoms with E-state index in [0.717, 1.165) is 30.5 Å². The molecule has 1 aromatic heterocycles. The van der Waals surface area contributed by atoms with Crippen LogP contribution in [0.1, 0.15) is 50.9 Å². The van der Waals surface area contributed by atoms with Crippen molar-refractivity contribution >= 4 is 15.7 Å². The minimum absolute atomic E-state index is 0.0871. The van der Waals surface area contributed by atoms with Gasteiger partial charge in [-0.2, -0.15) is 5.10 Å². The molecule has 0 saturated carbocycles. The topological polar surface area (TPSA) is 78.0 Å². The van der Waals surface area contributed by atoms with E-state index in [9.17, 15) is 8.42 Å². The lowest BCUT2D eigenvalue weighted by Crippen LogP contribution is -2.15. The third-order valence-corrected chi connectivity index (χ3v) is 6.03. The van der Waals surface area contributed by atoms with Crippen molar-refractivity contribution < 1.29 is 8.42 Å². The maximum Gasteiger partial charge on any atom is 0.152 e. The van der Waals surface area contributed by atoms with Gasteiger partial charge in [0.25, 0.3) is 0 Å². The van der Waals surface area contributed by atoms with Crippen LogP contribution in [0.4, 0.5) is 5.82 Å². The van der Waals surface area contributed by atoms with Crippen LogP contribution in [0.3, 0.4) is 0 Å². The molecule has 0 radical (unpaired) electrons. The van der Waals surface area contributed by atoms with Gasteiger partial charge in [0.15, 0.2) is 9.84 Å². The highest BCUT2D eigenvalue weighted by atomic mass is 32.2. The molecule has 1 aliphatic heterocycles. The minimum atomic E-state index is -2.91. The van der Waals surface area contributed by atoms with E-state index < -0.39 is 9.84 Å². The van der Waals surface area contributed by atoms with Gasteiger partial charge in [-0.1, -0.05) is 27.2 Å². The summed E-state index contributed by atoms with van der Waals surface area (Å²) in [6, 6.07) is -0.0871. The Morgan fingerprint density at radius 3 is 2.65 bits per heavy atom. The van der Waals surface area contributed by atoms with Crippen molar-refractivity contribution in [2.75, 3.05) is 17.2 Å². The number of hydrogen-bond acceptors (Lipinski definition) is 4. The third kappa shape index (κ3) is 3.00. The standard InChI is InChI=1S/C14H25N3O2S/c1-4-10(3)8-13-12(5-2)14(15)17(16-13)11-6-7-20(18,19)9-11/h10-11H,4-9,15H2,1-3H3. The van der Waals surface area contributed by atoms with E-state index in [4.69, 9.17) is 5.73 Å². The van der Waals surface area contributed by atoms with Crippen molar-refractivity contribution in [1.29, 1.82) is 0 Å². The molecule has 2 N–H and O–H groups in total. The predicted molar refractivity (Wildman–Crippen MR) is 81.5 cm³/mol. The van der Waals surface area contributed by atoms with Gasteiger partial charge in [0, 0.05) is 5.56 Å². The Bertz CT molecular complexity index is 577. The lowest BCUT2D eigenvalue weighted by Gasteiger charge is -2.10. The van der Waals surface area contributed by atoms with Gasteiger partial charge < -0.3 is 5.73 Å². The Kier molecular flexibility index (Phi) is 4.42. The highest BCUT2D eigenvalue weighted by Crippen LogP contribution is 2.30. The second-order valence-corrected chi connectivity index (χ2v) is 8.11. The molecule has 114 valence electrons. The summed E-state index contributed by atoms with van der Waals surface area (Å²) in [6.45, 7) is 6.44. The quantitative estimate of drug-likeness (QED) is 0.901. The van der Waals surface area contributed by atoms with E-state index in [1.165, 1.54) is 0 Å². The first-order valence-electron chi connectivity index (χ1n) is 7.44. The van der Waals surface area contributed by atoms with Gasteiger partial charge in [-0.3, -0.25) is 0 Å². The zero-order valence-corrected chi connectivity index (χ0v) is 13.4. The Balaban J connectivity index is 2.31. The van der Waals surface area contributed by atoms with Gasteiger partial charge >= 0.3 is 0 Å². The van der Waals surface area contributed by atoms with E-state index >= 15 is 0 Å². The van der Waals surface area contributed by atoms with Crippen molar-refractivity contribution in [2.24, 2.45) is 5.92 Å². The predicted octanol–water partition coefficient (Wildman–Crippen LogP) is 1.98. The lowest BCUT2D eigenvalue weighted by atomic mass is 9.99. The van der Waals surface area contributed by atoms with Crippen LogP contribution >= 0.6 is 0 Å². The monoisotopic (exact) mass is 299 g/mol. The average molecular weight is 299 g/mol. The minimum Gasteiger partial charge on any atom is -0.384 e. The molecular formula is C14H25N3O2S. The lowest BCUT2D eigenvalue weighted by molar-refractivity contribution is 0.489. The molecule has 0 spiro atoms. The van der Waals surface area contributed by atoms with Gasteiger partial charge in [0.1, 0.15) is 5.82 Å². The summed E-state index contributed by atoms with van der Waals surface area (Å²) in [5.41, 5.74) is 8.34. The Labute approximate surface area is 121 Å². The molecule has 0 aromatic carbocycles. The van der Waals surface area contributed by atoms with E-state index in [2.05, 4.69) is 25.9 Å². The number of nitrogen functional groups attached to an aromatic ring is 1. The molecule has 2 unspecified atom stereocenters. The van der Waals surface area contributed by atoms with Crippen molar-refractivity contribution in [1.82, 2.24) is 9.78 Å². The van der Waals surface area contributed by atoms with Crippen LogP contribution in [0.15, 0.2) is 0 Å². The van der Waals surface area contributed by atoms with Crippen LogP contribution in [0, 0.1) is 5.92 Å². The van der Waals surface area contributed by atoms with Crippen molar-refractivity contribution in [3.8, 4) is 0 Å². The molecule has 20 heavy (non-hydrogen) atoms. The maximum absolute atomic E-state index is 11.6. The molecule has 0 aliphatic carbocycles. The van der Waals surface area contributed by atoms with Crippen LogP contribution < -0.4 is 5.73 Å². The fourth-order valence-electron chi connectivity index (χ4n) is 2.80. The van der Waals surface area contributed by atoms with E-state index in [0.29, 0.717) is 18.2 Å². The summed E-state index contributed by atoms with van der Waals surface area (Å²) in [7, 11) is -2.91. The number of nitrogens with two attached hydrogens (primary N) is 1. The van der Waals surface area contributed by atoms with Gasteiger partial charge in [-0.05, 0) is 25.2 Å². The van der Waals surface area contributed by atoms with Gasteiger partial charge in [0.05, 0.1) is 23.2 Å². The smallest absolute Gasteiger partial charge is 0.152 e. The SMILES string of the molecule is CCc1c(CC(C)CC)nn(C2CCS(=O)(=O)C2)c1N. The van der Waals surface area contributed by atoms with E-state index in [1.54, 1.807) is 4.68 Å². The summed E-state index contributed by atoms with van der Waals surface area (Å²) >= 11 is 0. The van der Waals surface area contributed by atoms with Gasteiger partial charge in [-0.25, -0.2) is 13.1 Å². The number of nitrogens with zero attached hydrogens (tertiary/aromatic N) is 2. The molecule has 1 aliphatic rings. The highest BCUT2D eigenvalue weighted by Gasteiger charge is 2.32. The van der Waals surface area contributed by atoms with E-state index in [1.807, 2.05) is 0 Å². The van der Waals surface area contributed by atoms with Crippen molar-refractivity contribution in [2.45, 2.75) is 52.5 Å². The largest absolute Gasteiger partial charge is 0.384 e. The molecular weight excluding hydrogens is 274 g/mol. The summed E-state index contributed by atoms with van der Waals surface area (Å²) in [5, 5.41) is 4.64. The molecule has 1 fully saturated rings. The first-order valence-corrected chi connectivity index (χ1v) is 9.26. The van der Waals surface area contributed by atoms with Crippen LogP contribution in [0.25, 0.3) is 0 Å². The molecule has 0 amide bonds. The summed E-state index contributed by atoms with van der Waals surface area (Å²) < 4.78 is 25.0. The average Bonchev–Trinajstić information content (AvgIpc) is 2.89. The summed E-state index contributed by atoms with van der Waals surface area (Å²) in [4.78, 5) is 0. The van der Waals surface area contributed by atoms with Crippen LogP contribution in [0.5, 0.6) is 0 Å². The molecule has 2 rings (SSSR count). The molecule has 5 nitrogen and oxygen atoms in total. The maximum atomic E-state index is 11.6. The second-order valence-electron chi connectivity index (χ2n) is 5.88. The normalized spacial score (nSPS) is 23.1. The molecule has 2 heterocycles. The Morgan fingerprint density at radius 1 is 1.45 bits per heavy atom. The van der Waals surface area contributed by atoms with Crippen LogP contribution in [-0.2, 0) is 22.7 Å². The van der Waals surface area contributed by atoms with Crippen molar-refractivity contribution in [3.05, 3.63) is 11.3 Å². The molecule has 1 saturated heterocycles. The first-order chi connectivity index (χ1) is 9.38. The number of sulfone groups is 1. The number of rotatable bonds is 5. The molecule has 2 atom stereocenters. The Morgan fingerprint density at radius 2 is 2.15 bits per heavy atom. The third-order valence-electron chi connectivity index (χ3n) is 4.28. The Hall–Kier alpha value is -1.04. The van der Waals surface area contributed by atoms with Gasteiger partial charge in [0.2, 0.25) is 0 Å². The van der Waals surface area contributed by atoms with E-state index in [-0.39, 0.29) is 17.5 Å². The number of aromatic nitrogens is 2. The fourth-order valence-corrected chi connectivity index (χ4v) is 4.49. The molecule has 6 heteroatoms. The second kappa shape index (κ2) is 5.76. The van der Waals surface area contributed by atoms with Crippen LogP contribution in [-0.4, -0.2) is 29.7 Å². The number of hydrogen-bond donors (Lipinski definition) is 1.